The normalized spacial score (nSPS) is 11.0. The van der Waals surface area contributed by atoms with E-state index in [9.17, 15) is 13.6 Å². The van der Waals surface area contributed by atoms with E-state index in [-0.39, 0.29) is 17.9 Å². The Morgan fingerprint density at radius 2 is 2.08 bits per heavy atom. The molecule has 1 amide bonds. The lowest BCUT2D eigenvalue weighted by molar-refractivity contribution is -0.114. The highest BCUT2D eigenvalue weighted by atomic mass is 32.1. The SMILES string of the molecule is CC(=O)Nc1ccc(OCc2nc3ccccc3s2)cc1C(F)F. The molecule has 0 atom stereocenters. The van der Waals surface area contributed by atoms with E-state index in [1.54, 1.807) is 6.07 Å². The van der Waals surface area contributed by atoms with Gasteiger partial charge in [0, 0.05) is 18.2 Å². The van der Waals surface area contributed by atoms with Gasteiger partial charge in [-0.2, -0.15) is 0 Å². The number of halogens is 2. The van der Waals surface area contributed by atoms with Crippen molar-refractivity contribution in [2.24, 2.45) is 0 Å². The predicted molar refractivity (Wildman–Crippen MR) is 89.7 cm³/mol. The molecule has 0 spiro atoms. The monoisotopic (exact) mass is 348 g/mol. The van der Waals surface area contributed by atoms with E-state index in [1.807, 2.05) is 24.3 Å². The van der Waals surface area contributed by atoms with Crippen LogP contribution in [0.1, 0.15) is 23.9 Å². The molecule has 0 aliphatic carbocycles. The van der Waals surface area contributed by atoms with E-state index < -0.39 is 12.3 Å². The van der Waals surface area contributed by atoms with Gasteiger partial charge in [-0.1, -0.05) is 12.1 Å². The van der Waals surface area contributed by atoms with Gasteiger partial charge < -0.3 is 10.1 Å². The van der Waals surface area contributed by atoms with Crippen molar-refractivity contribution in [3.8, 4) is 5.75 Å². The van der Waals surface area contributed by atoms with Crippen LogP contribution < -0.4 is 10.1 Å². The standard InChI is InChI=1S/C17H14F2N2O2S/c1-10(22)20-13-7-6-11(8-12(13)17(18)19)23-9-16-21-14-4-2-3-5-15(14)24-16/h2-8,17H,9H2,1H3,(H,20,22). The molecule has 0 fully saturated rings. The van der Waals surface area contributed by atoms with Gasteiger partial charge in [0.05, 0.1) is 10.2 Å². The van der Waals surface area contributed by atoms with Crippen LogP contribution in [0.25, 0.3) is 10.2 Å². The molecular formula is C17H14F2N2O2S. The molecular weight excluding hydrogens is 334 g/mol. The highest BCUT2D eigenvalue weighted by molar-refractivity contribution is 7.18. The van der Waals surface area contributed by atoms with Gasteiger partial charge in [-0.25, -0.2) is 13.8 Å². The van der Waals surface area contributed by atoms with Crippen LogP contribution >= 0.6 is 11.3 Å². The van der Waals surface area contributed by atoms with Crippen LogP contribution in [0.3, 0.4) is 0 Å². The Bertz CT molecular complexity index is 847. The van der Waals surface area contributed by atoms with Crippen molar-refractivity contribution in [3.05, 3.63) is 53.0 Å². The Morgan fingerprint density at radius 3 is 2.79 bits per heavy atom. The lowest BCUT2D eigenvalue weighted by atomic mass is 10.1. The van der Waals surface area contributed by atoms with Crippen LogP contribution in [-0.4, -0.2) is 10.9 Å². The molecule has 0 saturated heterocycles. The summed E-state index contributed by atoms with van der Waals surface area (Å²) in [6, 6.07) is 11.9. The Kier molecular flexibility index (Phi) is 4.71. The van der Waals surface area contributed by atoms with E-state index in [4.69, 9.17) is 4.74 Å². The topological polar surface area (TPSA) is 51.2 Å². The molecule has 124 valence electrons. The summed E-state index contributed by atoms with van der Waals surface area (Å²) < 4.78 is 32.9. The lowest BCUT2D eigenvalue weighted by Gasteiger charge is -2.12. The number of anilines is 1. The van der Waals surface area contributed by atoms with Crippen molar-refractivity contribution < 1.29 is 18.3 Å². The third-order valence-corrected chi connectivity index (χ3v) is 4.28. The van der Waals surface area contributed by atoms with Gasteiger partial charge >= 0.3 is 0 Å². The number of carbonyl (C=O) groups is 1. The third-order valence-electron chi connectivity index (χ3n) is 3.27. The summed E-state index contributed by atoms with van der Waals surface area (Å²) in [6.07, 6.45) is -2.71. The van der Waals surface area contributed by atoms with Crippen molar-refractivity contribution in [1.29, 1.82) is 0 Å². The van der Waals surface area contributed by atoms with E-state index >= 15 is 0 Å². The largest absolute Gasteiger partial charge is 0.486 e. The molecule has 3 aromatic rings. The second-order valence-corrected chi connectivity index (χ2v) is 6.21. The molecule has 3 rings (SSSR count). The predicted octanol–water partition coefficient (Wildman–Crippen LogP) is 4.77. The third kappa shape index (κ3) is 3.68. The minimum absolute atomic E-state index is 0.0878. The quantitative estimate of drug-likeness (QED) is 0.722. The summed E-state index contributed by atoms with van der Waals surface area (Å²) in [6.45, 7) is 1.47. The molecule has 0 radical (unpaired) electrons. The first kappa shape index (κ1) is 16.3. The Balaban J connectivity index is 1.77. The summed E-state index contributed by atoms with van der Waals surface area (Å²) in [7, 11) is 0. The molecule has 1 heterocycles. The van der Waals surface area contributed by atoms with Crippen molar-refractivity contribution >= 4 is 33.1 Å². The number of alkyl halides is 2. The molecule has 0 aliphatic rings. The van der Waals surface area contributed by atoms with Gasteiger partial charge in [0.1, 0.15) is 17.4 Å². The van der Waals surface area contributed by atoms with Crippen LogP contribution in [0, 0.1) is 0 Å². The maximum atomic E-state index is 13.1. The number of fused-ring (bicyclic) bond motifs is 1. The highest BCUT2D eigenvalue weighted by Gasteiger charge is 2.15. The minimum Gasteiger partial charge on any atom is -0.486 e. The zero-order valence-corrected chi connectivity index (χ0v) is 13.6. The van der Waals surface area contributed by atoms with Crippen LogP contribution in [0.15, 0.2) is 42.5 Å². The number of thiazole rings is 1. The van der Waals surface area contributed by atoms with Crippen LogP contribution in [0.2, 0.25) is 0 Å². The Morgan fingerprint density at radius 1 is 1.29 bits per heavy atom. The number of benzene rings is 2. The highest BCUT2D eigenvalue weighted by Crippen LogP contribution is 2.31. The fraction of sp³-hybridized carbons (Fsp3) is 0.176. The molecule has 0 saturated carbocycles. The van der Waals surface area contributed by atoms with Crippen molar-refractivity contribution in [2.75, 3.05) is 5.32 Å². The van der Waals surface area contributed by atoms with Gasteiger partial charge in [-0.3, -0.25) is 4.79 Å². The van der Waals surface area contributed by atoms with Gasteiger partial charge in [-0.05, 0) is 30.3 Å². The summed E-state index contributed by atoms with van der Waals surface area (Å²) in [5, 5.41) is 3.15. The number of nitrogens with zero attached hydrogens (tertiary/aromatic N) is 1. The molecule has 1 aromatic heterocycles. The van der Waals surface area contributed by atoms with Gasteiger partial charge in [0.25, 0.3) is 6.43 Å². The maximum Gasteiger partial charge on any atom is 0.265 e. The van der Waals surface area contributed by atoms with Crippen LogP contribution in [0.4, 0.5) is 14.5 Å². The molecule has 4 nitrogen and oxygen atoms in total. The molecule has 0 bridgehead atoms. The van der Waals surface area contributed by atoms with E-state index in [2.05, 4.69) is 10.3 Å². The second kappa shape index (κ2) is 6.92. The average molecular weight is 348 g/mol. The second-order valence-electron chi connectivity index (χ2n) is 5.09. The molecule has 1 N–H and O–H groups in total. The smallest absolute Gasteiger partial charge is 0.265 e. The van der Waals surface area contributed by atoms with Crippen LogP contribution in [-0.2, 0) is 11.4 Å². The summed E-state index contributed by atoms with van der Waals surface area (Å²) in [5.74, 6) is -0.0984. The number of hydrogen-bond donors (Lipinski definition) is 1. The fourth-order valence-electron chi connectivity index (χ4n) is 2.24. The van der Waals surface area contributed by atoms with Gasteiger partial charge in [0.2, 0.25) is 5.91 Å². The Hall–Kier alpha value is -2.54. The lowest BCUT2D eigenvalue weighted by Crippen LogP contribution is -2.08. The van der Waals surface area contributed by atoms with E-state index in [1.165, 1.54) is 30.4 Å². The van der Waals surface area contributed by atoms with Gasteiger partial charge in [-0.15, -0.1) is 11.3 Å². The van der Waals surface area contributed by atoms with Crippen molar-refractivity contribution in [1.82, 2.24) is 4.98 Å². The summed E-state index contributed by atoms with van der Waals surface area (Å²) in [5.41, 5.74) is 0.701. The zero-order chi connectivity index (χ0) is 17.1. The van der Waals surface area contributed by atoms with Crippen molar-refractivity contribution in [2.45, 2.75) is 20.0 Å². The average Bonchev–Trinajstić information content (AvgIpc) is 2.96. The zero-order valence-electron chi connectivity index (χ0n) is 12.8. The van der Waals surface area contributed by atoms with E-state index in [0.29, 0.717) is 5.75 Å². The van der Waals surface area contributed by atoms with Crippen LogP contribution in [0.5, 0.6) is 5.75 Å². The number of para-hydroxylation sites is 1. The number of amides is 1. The maximum absolute atomic E-state index is 13.1. The van der Waals surface area contributed by atoms with Gasteiger partial charge in [0.15, 0.2) is 0 Å². The summed E-state index contributed by atoms with van der Waals surface area (Å²) >= 11 is 1.50. The number of rotatable bonds is 5. The number of ether oxygens (including phenoxy) is 1. The number of aromatic nitrogens is 1. The first-order chi connectivity index (χ1) is 11.5. The Labute approximate surface area is 141 Å². The summed E-state index contributed by atoms with van der Waals surface area (Å²) in [4.78, 5) is 15.5. The number of carbonyl (C=O) groups excluding carboxylic acids is 1. The molecule has 0 aliphatic heterocycles. The number of nitrogens with one attached hydrogen (secondary N) is 1. The molecule has 24 heavy (non-hydrogen) atoms. The van der Waals surface area contributed by atoms with E-state index in [0.717, 1.165) is 15.2 Å². The molecule has 2 aromatic carbocycles. The van der Waals surface area contributed by atoms with Crippen molar-refractivity contribution in [3.63, 3.8) is 0 Å². The molecule has 7 heteroatoms. The molecule has 0 unspecified atom stereocenters. The first-order valence-electron chi connectivity index (χ1n) is 7.20. The first-order valence-corrected chi connectivity index (χ1v) is 8.01. The number of hydrogen-bond acceptors (Lipinski definition) is 4. The minimum atomic E-state index is -2.71. The fourth-order valence-corrected chi connectivity index (χ4v) is 3.12.